The van der Waals surface area contributed by atoms with Gasteiger partial charge in [0.25, 0.3) is 0 Å². The largest absolute Gasteiger partial charge is 0.416 e. The van der Waals surface area contributed by atoms with Crippen LogP contribution < -0.4 is 0 Å². The quantitative estimate of drug-likeness (QED) is 0.492. The Hall–Kier alpha value is -0.0831. The first-order chi connectivity index (χ1) is 6.24. The van der Waals surface area contributed by atoms with Gasteiger partial charge in [0.1, 0.15) is 0 Å². The van der Waals surface area contributed by atoms with E-state index in [-0.39, 0.29) is 0 Å². The summed E-state index contributed by atoms with van der Waals surface area (Å²) in [6, 6.07) is 0. The van der Waals surface area contributed by atoms with Crippen molar-refractivity contribution in [2.24, 2.45) is 5.92 Å². The molecular formula is C12H26OSi. The third-order valence-corrected chi connectivity index (χ3v) is 7.82. The van der Waals surface area contributed by atoms with Gasteiger partial charge in [-0.15, -0.1) is 6.58 Å². The van der Waals surface area contributed by atoms with Crippen molar-refractivity contribution < 1.29 is 4.43 Å². The molecule has 14 heavy (non-hydrogen) atoms. The van der Waals surface area contributed by atoms with Gasteiger partial charge in [-0.3, -0.25) is 0 Å². The molecular weight excluding hydrogens is 188 g/mol. The number of rotatable bonds is 5. The topological polar surface area (TPSA) is 9.23 Å². The molecule has 0 aromatic rings. The Morgan fingerprint density at radius 2 is 1.86 bits per heavy atom. The smallest absolute Gasteiger partial charge is 0.192 e. The van der Waals surface area contributed by atoms with Crippen molar-refractivity contribution >= 4 is 8.32 Å². The van der Waals surface area contributed by atoms with Gasteiger partial charge in [-0.05, 0) is 30.5 Å². The highest BCUT2D eigenvalue weighted by molar-refractivity contribution is 6.74. The van der Waals surface area contributed by atoms with Crippen LogP contribution in [0.25, 0.3) is 0 Å². The van der Waals surface area contributed by atoms with Crippen molar-refractivity contribution in [2.75, 3.05) is 6.61 Å². The molecule has 2 heteroatoms. The summed E-state index contributed by atoms with van der Waals surface area (Å²) in [7, 11) is -1.55. The summed E-state index contributed by atoms with van der Waals surface area (Å²) in [6.45, 7) is 18.3. The highest BCUT2D eigenvalue weighted by Gasteiger charge is 2.37. The van der Waals surface area contributed by atoms with Crippen molar-refractivity contribution in [3.05, 3.63) is 12.7 Å². The van der Waals surface area contributed by atoms with Gasteiger partial charge in [-0.2, -0.15) is 0 Å². The van der Waals surface area contributed by atoms with Crippen LogP contribution in [0.1, 0.15) is 34.1 Å². The zero-order chi connectivity index (χ0) is 11.4. The lowest BCUT2D eigenvalue weighted by Crippen LogP contribution is -2.41. The monoisotopic (exact) mass is 214 g/mol. The molecule has 0 N–H and O–H groups in total. The Bertz CT molecular complexity index is 179. The maximum absolute atomic E-state index is 6.11. The van der Waals surface area contributed by atoms with E-state index in [0.29, 0.717) is 11.0 Å². The summed E-state index contributed by atoms with van der Waals surface area (Å²) in [4.78, 5) is 0. The van der Waals surface area contributed by atoms with Gasteiger partial charge in [0.05, 0.1) is 0 Å². The predicted molar refractivity (Wildman–Crippen MR) is 67.1 cm³/mol. The first kappa shape index (κ1) is 13.9. The summed E-state index contributed by atoms with van der Waals surface area (Å²) < 4.78 is 6.11. The summed E-state index contributed by atoms with van der Waals surface area (Å²) in [5.41, 5.74) is 0. The van der Waals surface area contributed by atoms with Crippen LogP contribution in [0.15, 0.2) is 12.7 Å². The lowest BCUT2D eigenvalue weighted by Gasteiger charge is -2.37. The average Bonchev–Trinajstić information content (AvgIpc) is 2.04. The number of hydrogen-bond donors (Lipinski definition) is 0. The van der Waals surface area contributed by atoms with Crippen LogP contribution in [0.4, 0.5) is 0 Å². The van der Waals surface area contributed by atoms with Crippen molar-refractivity contribution in [3.63, 3.8) is 0 Å². The molecule has 1 atom stereocenters. The minimum atomic E-state index is -1.55. The molecule has 0 amide bonds. The second-order valence-corrected chi connectivity index (χ2v) is 10.3. The molecule has 0 bridgehead atoms. The van der Waals surface area contributed by atoms with Crippen LogP contribution in [-0.4, -0.2) is 14.9 Å². The molecule has 0 aromatic heterocycles. The summed E-state index contributed by atoms with van der Waals surface area (Å²) in [5, 5.41) is 0.312. The fraction of sp³-hybridized carbons (Fsp3) is 0.833. The molecule has 0 spiro atoms. The van der Waals surface area contributed by atoms with E-state index in [0.717, 1.165) is 13.0 Å². The Balaban J connectivity index is 4.18. The minimum absolute atomic E-state index is 0.312. The highest BCUT2D eigenvalue weighted by atomic mass is 28.4. The third-order valence-electron chi connectivity index (χ3n) is 3.32. The maximum atomic E-state index is 6.11. The van der Waals surface area contributed by atoms with E-state index in [1.54, 1.807) is 0 Å². The molecule has 0 saturated carbocycles. The summed E-state index contributed by atoms with van der Waals surface area (Å²) in [6.07, 6.45) is 3.13. The highest BCUT2D eigenvalue weighted by Crippen LogP contribution is 2.36. The van der Waals surface area contributed by atoms with Crippen molar-refractivity contribution in [1.82, 2.24) is 0 Å². The Morgan fingerprint density at radius 3 is 2.14 bits per heavy atom. The second-order valence-electron chi connectivity index (χ2n) is 5.48. The molecule has 0 rings (SSSR count). The molecule has 0 aliphatic heterocycles. The summed E-state index contributed by atoms with van der Waals surface area (Å²) in [5.74, 6) is 0.518. The first-order valence-corrected chi connectivity index (χ1v) is 8.42. The lowest BCUT2D eigenvalue weighted by molar-refractivity contribution is 0.248. The molecule has 0 aliphatic carbocycles. The van der Waals surface area contributed by atoms with Crippen molar-refractivity contribution in [2.45, 2.75) is 52.2 Å². The molecule has 0 aromatic carbocycles. The fourth-order valence-electron chi connectivity index (χ4n) is 0.884. The fourth-order valence-corrected chi connectivity index (χ4v) is 1.95. The zero-order valence-corrected chi connectivity index (χ0v) is 11.7. The van der Waals surface area contributed by atoms with E-state index in [9.17, 15) is 0 Å². The van der Waals surface area contributed by atoms with E-state index in [2.05, 4.69) is 47.4 Å². The van der Waals surface area contributed by atoms with Gasteiger partial charge in [0, 0.05) is 6.61 Å². The van der Waals surface area contributed by atoms with Crippen LogP contribution >= 0.6 is 0 Å². The van der Waals surface area contributed by atoms with E-state index in [1.807, 2.05) is 6.08 Å². The predicted octanol–water partition coefficient (Wildman–Crippen LogP) is 4.22. The zero-order valence-electron chi connectivity index (χ0n) is 10.7. The van der Waals surface area contributed by atoms with E-state index in [4.69, 9.17) is 4.43 Å². The molecule has 0 saturated heterocycles. The molecule has 84 valence electrons. The van der Waals surface area contributed by atoms with Crippen LogP contribution in [0.3, 0.4) is 0 Å². The average molecular weight is 214 g/mol. The molecule has 0 aliphatic rings. The SMILES string of the molecule is C=CC(CC)CO[Si](C)(C)C(C)(C)C. The van der Waals surface area contributed by atoms with Crippen LogP contribution in [0, 0.1) is 5.92 Å². The first-order valence-electron chi connectivity index (χ1n) is 5.51. The van der Waals surface area contributed by atoms with Crippen LogP contribution in [0.2, 0.25) is 18.1 Å². The van der Waals surface area contributed by atoms with Crippen LogP contribution in [0.5, 0.6) is 0 Å². The van der Waals surface area contributed by atoms with Gasteiger partial charge in [-0.25, -0.2) is 0 Å². The molecule has 0 fully saturated rings. The Morgan fingerprint density at radius 1 is 1.36 bits per heavy atom. The van der Waals surface area contributed by atoms with Gasteiger partial charge in [0.15, 0.2) is 8.32 Å². The normalized spacial score (nSPS) is 15.3. The maximum Gasteiger partial charge on any atom is 0.192 e. The van der Waals surface area contributed by atoms with Crippen molar-refractivity contribution in [3.8, 4) is 0 Å². The third kappa shape index (κ3) is 3.97. The van der Waals surface area contributed by atoms with Gasteiger partial charge in [-0.1, -0.05) is 33.8 Å². The molecule has 1 unspecified atom stereocenters. The Labute approximate surface area is 90.7 Å². The van der Waals surface area contributed by atoms with Gasteiger partial charge >= 0.3 is 0 Å². The molecule has 0 radical (unpaired) electrons. The van der Waals surface area contributed by atoms with Crippen LogP contribution in [-0.2, 0) is 4.43 Å². The minimum Gasteiger partial charge on any atom is -0.416 e. The van der Waals surface area contributed by atoms with E-state index >= 15 is 0 Å². The molecule has 0 heterocycles. The van der Waals surface area contributed by atoms with E-state index in [1.165, 1.54) is 0 Å². The van der Waals surface area contributed by atoms with Gasteiger partial charge < -0.3 is 4.43 Å². The van der Waals surface area contributed by atoms with Gasteiger partial charge in [0.2, 0.25) is 0 Å². The van der Waals surface area contributed by atoms with E-state index < -0.39 is 8.32 Å². The second kappa shape index (κ2) is 5.13. The number of hydrogen-bond acceptors (Lipinski definition) is 1. The standard InChI is InChI=1S/C12H26OSi/c1-8-11(9-2)10-13-14(6,7)12(3,4)5/h8,11H,1,9-10H2,2-7H3. The summed E-state index contributed by atoms with van der Waals surface area (Å²) >= 11 is 0. The van der Waals surface area contributed by atoms with Crippen molar-refractivity contribution in [1.29, 1.82) is 0 Å². The lowest BCUT2D eigenvalue weighted by atomic mass is 10.1. The molecule has 1 nitrogen and oxygen atoms in total. The Kier molecular flexibility index (Phi) is 5.10.